The van der Waals surface area contributed by atoms with Gasteiger partial charge >= 0.3 is 0 Å². The standard InChI is InChI=1S/C26H25N2O5.BrH/c1-17(29)24-16-27(15-21-5-3-4-6-25(21)28(31)32)12-11-19(24)13-20-8-7-18-14-22(33-2)9-10-23(18)26(20)30;/h3-6,9-12,14,16,20H,7-8,13,15H2,1-2H3;1H/q+1;/p-1. The third-order valence-electron chi connectivity index (χ3n) is 6.21. The van der Waals surface area contributed by atoms with Gasteiger partial charge in [-0.1, -0.05) is 12.1 Å². The van der Waals surface area contributed by atoms with Crippen LogP contribution in [0.15, 0.2) is 60.9 Å². The summed E-state index contributed by atoms with van der Waals surface area (Å²) in [6.07, 6.45) is 5.50. The molecule has 1 unspecified atom stereocenters. The van der Waals surface area contributed by atoms with Crippen LogP contribution in [0.3, 0.4) is 0 Å². The average Bonchev–Trinajstić information content (AvgIpc) is 2.81. The van der Waals surface area contributed by atoms with Gasteiger partial charge in [0.15, 0.2) is 30.5 Å². The fourth-order valence-corrected chi connectivity index (χ4v) is 4.47. The Morgan fingerprint density at radius 3 is 2.65 bits per heavy atom. The summed E-state index contributed by atoms with van der Waals surface area (Å²) in [5, 5.41) is 11.3. The number of nitrogens with zero attached hydrogens (tertiary/aromatic N) is 2. The number of para-hydroxylation sites is 1. The van der Waals surface area contributed by atoms with E-state index in [-0.39, 0.29) is 46.7 Å². The third kappa shape index (κ3) is 5.22. The summed E-state index contributed by atoms with van der Waals surface area (Å²) < 4.78 is 7.04. The largest absolute Gasteiger partial charge is 1.00 e. The Morgan fingerprint density at radius 2 is 1.94 bits per heavy atom. The predicted octanol–water partition coefficient (Wildman–Crippen LogP) is 1.13. The highest BCUT2D eigenvalue weighted by atomic mass is 79.9. The van der Waals surface area contributed by atoms with Crippen LogP contribution in [-0.4, -0.2) is 23.6 Å². The van der Waals surface area contributed by atoms with Crippen molar-refractivity contribution in [2.75, 3.05) is 7.11 Å². The number of ether oxygens (including phenoxy) is 1. The lowest BCUT2D eigenvalue weighted by atomic mass is 9.79. The quantitative estimate of drug-likeness (QED) is 0.200. The smallest absolute Gasteiger partial charge is 0.278 e. The van der Waals surface area contributed by atoms with E-state index in [1.165, 1.54) is 13.0 Å². The average molecular weight is 525 g/mol. The number of carbonyl (C=O) groups excluding carboxylic acids is 2. The van der Waals surface area contributed by atoms with Crippen LogP contribution in [0.1, 0.15) is 50.8 Å². The number of methoxy groups -OCH3 is 1. The molecular weight excluding hydrogens is 500 g/mol. The molecule has 1 aliphatic rings. The molecule has 0 saturated heterocycles. The van der Waals surface area contributed by atoms with E-state index in [4.69, 9.17) is 4.74 Å². The summed E-state index contributed by atoms with van der Waals surface area (Å²) in [6.45, 7) is 1.77. The molecule has 0 bridgehead atoms. The molecule has 34 heavy (non-hydrogen) atoms. The highest BCUT2D eigenvalue weighted by Crippen LogP contribution is 2.31. The van der Waals surface area contributed by atoms with Gasteiger partial charge in [-0.3, -0.25) is 19.7 Å². The fraction of sp³-hybridized carbons (Fsp3) is 0.269. The van der Waals surface area contributed by atoms with Crippen LogP contribution >= 0.6 is 0 Å². The number of fused-ring (bicyclic) bond motifs is 1. The molecule has 8 heteroatoms. The number of halogens is 1. The molecule has 3 aromatic rings. The first-order chi connectivity index (χ1) is 15.9. The predicted molar refractivity (Wildman–Crippen MR) is 122 cm³/mol. The molecule has 7 nitrogen and oxygen atoms in total. The topological polar surface area (TPSA) is 90.4 Å². The number of rotatable bonds is 7. The molecule has 0 aliphatic heterocycles. The van der Waals surface area contributed by atoms with Crippen LogP contribution in [0.4, 0.5) is 5.69 Å². The van der Waals surface area contributed by atoms with Crippen molar-refractivity contribution in [2.24, 2.45) is 5.92 Å². The van der Waals surface area contributed by atoms with Gasteiger partial charge in [-0.15, -0.1) is 0 Å². The number of benzene rings is 2. The Hall–Kier alpha value is -3.39. The van der Waals surface area contributed by atoms with E-state index < -0.39 is 4.92 Å². The second-order valence-corrected chi connectivity index (χ2v) is 8.33. The number of hydrogen-bond donors (Lipinski definition) is 0. The van der Waals surface area contributed by atoms with Crippen molar-refractivity contribution in [3.8, 4) is 5.75 Å². The summed E-state index contributed by atoms with van der Waals surface area (Å²) in [5.41, 5.74) is 3.67. The van der Waals surface area contributed by atoms with Gasteiger partial charge in [0.25, 0.3) is 5.69 Å². The van der Waals surface area contributed by atoms with Crippen LogP contribution in [-0.2, 0) is 19.4 Å². The second-order valence-electron chi connectivity index (χ2n) is 8.33. The van der Waals surface area contributed by atoms with Crippen molar-refractivity contribution in [1.29, 1.82) is 0 Å². The van der Waals surface area contributed by atoms with Crippen molar-refractivity contribution in [3.05, 3.63) is 98.9 Å². The van der Waals surface area contributed by atoms with E-state index in [1.54, 1.807) is 42.1 Å². The summed E-state index contributed by atoms with van der Waals surface area (Å²) in [5.74, 6) is 0.528. The van der Waals surface area contributed by atoms with Crippen molar-refractivity contribution in [1.82, 2.24) is 0 Å². The van der Waals surface area contributed by atoms with Crippen LogP contribution in [0, 0.1) is 16.0 Å². The number of carbonyl (C=O) groups is 2. The highest BCUT2D eigenvalue weighted by Gasteiger charge is 2.29. The summed E-state index contributed by atoms with van der Waals surface area (Å²) in [4.78, 5) is 36.4. The Balaban J connectivity index is 0.00000324. The Bertz CT molecular complexity index is 1260. The number of Topliss-reactive ketones (excluding diaryl/α,β-unsaturated/α-hetero) is 2. The molecule has 1 heterocycles. The lowest BCUT2D eigenvalue weighted by Crippen LogP contribution is -3.00. The van der Waals surface area contributed by atoms with Gasteiger partial charge in [-0.05, 0) is 61.6 Å². The second kappa shape index (κ2) is 10.7. The first-order valence-corrected chi connectivity index (χ1v) is 10.8. The van der Waals surface area contributed by atoms with Crippen LogP contribution in [0.2, 0.25) is 0 Å². The Morgan fingerprint density at radius 1 is 1.18 bits per heavy atom. The SMILES string of the molecule is COc1ccc2c(c1)CCC(Cc1cc[n+](Cc3ccccc3[N+](=O)[O-])cc1C(C)=O)C2=O.[Br-]. The van der Waals surface area contributed by atoms with E-state index in [2.05, 4.69) is 0 Å². The minimum atomic E-state index is -0.405. The maximum absolute atomic E-state index is 13.1. The van der Waals surface area contributed by atoms with E-state index in [0.29, 0.717) is 24.0 Å². The third-order valence-corrected chi connectivity index (χ3v) is 6.21. The van der Waals surface area contributed by atoms with Gasteiger partial charge < -0.3 is 21.7 Å². The van der Waals surface area contributed by atoms with Gasteiger partial charge in [0.2, 0.25) is 0 Å². The number of nitro benzene ring substituents is 1. The zero-order valence-electron chi connectivity index (χ0n) is 19.0. The molecule has 0 fully saturated rings. The molecule has 0 amide bonds. The van der Waals surface area contributed by atoms with Gasteiger partial charge in [-0.25, -0.2) is 0 Å². The number of aromatic nitrogens is 1. The highest BCUT2D eigenvalue weighted by molar-refractivity contribution is 6.01. The van der Waals surface area contributed by atoms with Gasteiger partial charge in [-0.2, -0.15) is 4.57 Å². The number of pyridine rings is 1. The van der Waals surface area contributed by atoms with Gasteiger partial charge in [0.05, 0.1) is 23.2 Å². The number of aryl methyl sites for hydroxylation is 1. The van der Waals surface area contributed by atoms with Crippen LogP contribution < -0.4 is 26.3 Å². The number of ketones is 2. The van der Waals surface area contributed by atoms with E-state index >= 15 is 0 Å². The summed E-state index contributed by atoms with van der Waals surface area (Å²) in [6, 6.07) is 13.9. The molecule has 0 saturated carbocycles. The van der Waals surface area contributed by atoms with E-state index in [9.17, 15) is 19.7 Å². The minimum Gasteiger partial charge on any atom is -1.00 e. The Labute approximate surface area is 208 Å². The molecule has 176 valence electrons. The fourth-order valence-electron chi connectivity index (χ4n) is 4.47. The maximum Gasteiger partial charge on any atom is 0.278 e. The lowest BCUT2D eigenvalue weighted by Gasteiger charge is -2.24. The molecule has 0 radical (unpaired) electrons. The molecule has 1 aliphatic carbocycles. The molecule has 0 N–H and O–H groups in total. The summed E-state index contributed by atoms with van der Waals surface area (Å²) in [7, 11) is 1.61. The molecule has 2 aromatic carbocycles. The zero-order chi connectivity index (χ0) is 23.5. The van der Waals surface area contributed by atoms with Crippen molar-refractivity contribution >= 4 is 17.3 Å². The minimum absolute atomic E-state index is 0. The lowest BCUT2D eigenvalue weighted by molar-refractivity contribution is -0.688. The first-order valence-electron chi connectivity index (χ1n) is 10.8. The normalized spacial score (nSPS) is 14.6. The molecule has 1 aromatic heterocycles. The molecular formula is C26H25BrN2O5. The van der Waals surface area contributed by atoms with Crippen molar-refractivity contribution in [2.45, 2.75) is 32.7 Å². The maximum atomic E-state index is 13.1. The van der Waals surface area contributed by atoms with E-state index in [0.717, 1.165) is 28.9 Å². The van der Waals surface area contributed by atoms with Crippen LogP contribution in [0.25, 0.3) is 0 Å². The van der Waals surface area contributed by atoms with Crippen molar-refractivity contribution in [3.63, 3.8) is 0 Å². The molecule has 4 rings (SSSR count). The Kier molecular flexibility index (Phi) is 7.94. The van der Waals surface area contributed by atoms with Gasteiger partial charge in [0, 0.05) is 23.6 Å². The van der Waals surface area contributed by atoms with Gasteiger partial charge in [0.1, 0.15) is 5.75 Å². The zero-order valence-corrected chi connectivity index (χ0v) is 20.6. The van der Waals surface area contributed by atoms with E-state index in [1.807, 2.05) is 24.4 Å². The molecule has 0 spiro atoms. The van der Waals surface area contributed by atoms with Crippen LogP contribution in [0.5, 0.6) is 5.75 Å². The molecule has 1 atom stereocenters. The number of nitro groups is 1. The summed E-state index contributed by atoms with van der Waals surface area (Å²) >= 11 is 0. The monoisotopic (exact) mass is 524 g/mol. The van der Waals surface area contributed by atoms with Crippen molar-refractivity contribution < 1.29 is 40.8 Å². The first kappa shape index (κ1) is 25.2. The number of hydrogen-bond acceptors (Lipinski definition) is 5.